The quantitative estimate of drug-likeness (QED) is 0.523. The Kier molecular flexibility index (Phi) is 4.49. The van der Waals surface area contributed by atoms with Crippen LogP contribution in [0, 0.1) is 0 Å². The summed E-state index contributed by atoms with van der Waals surface area (Å²) >= 11 is 5.55. The molecule has 0 aromatic carbocycles. The van der Waals surface area contributed by atoms with Crippen LogP contribution in [0.15, 0.2) is 0 Å². The molecule has 0 saturated carbocycles. The summed E-state index contributed by atoms with van der Waals surface area (Å²) in [4.78, 5) is 2.20. The van der Waals surface area contributed by atoms with Crippen molar-refractivity contribution in [2.24, 2.45) is 0 Å². The largest absolute Gasteiger partial charge is 0.301 e. The minimum atomic E-state index is -2.71. The maximum Gasteiger partial charge on any atom is 0.152 e. The third-order valence-electron chi connectivity index (χ3n) is 2.30. The van der Waals surface area contributed by atoms with Gasteiger partial charge in [-0.25, -0.2) is 8.42 Å². The first-order valence-corrected chi connectivity index (χ1v) is 6.98. The standard InChI is InChI=1S/C8H16ClNO2S/c9-3-1-2-4-10-5-7-13(11,12)8-6-10/h1-8H2. The molecule has 0 bridgehead atoms. The number of sulfone groups is 1. The van der Waals surface area contributed by atoms with Gasteiger partial charge in [-0.3, -0.25) is 0 Å². The van der Waals surface area contributed by atoms with Gasteiger partial charge in [0.1, 0.15) is 0 Å². The zero-order chi connectivity index (χ0) is 9.73. The number of hydrogen-bond donors (Lipinski definition) is 0. The van der Waals surface area contributed by atoms with Gasteiger partial charge in [0.25, 0.3) is 0 Å². The average molecular weight is 226 g/mol. The fraction of sp³-hybridized carbons (Fsp3) is 1.00. The van der Waals surface area contributed by atoms with Gasteiger partial charge in [0.2, 0.25) is 0 Å². The predicted octanol–water partition coefficient (Wildman–Crippen LogP) is 0.736. The molecule has 0 spiro atoms. The maximum atomic E-state index is 11.1. The highest BCUT2D eigenvalue weighted by Crippen LogP contribution is 2.05. The number of alkyl halides is 1. The van der Waals surface area contributed by atoms with Gasteiger partial charge in [-0.1, -0.05) is 0 Å². The molecule has 1 heterocycles. The number of unbranched alkanes of at least 4 members (excludes halogenated alkanes) is 1. The number of rotatable bonds is 4. The zero-order valence-corrected chi connectivity index (χ0v) is 9.28. The van der Waals surface area contributed by atoms with Crippen LogP contribution in [0.25, 0.3) is 0 Å². The molecule has 0 aromatic heterocycles. The van der Waals surface area contributed by atoms with Gasteiger partial charge in [0.15, 0.2) is 9.84 Å². The molecule has 0 radical (unpaired) electrons. The van der Waals surface area contributed by atoms with Crippen LogP contribution in [0.5, 0.6) is 0 Å². The zero-order valence-electron chi connectivity index (χ0n) is 7.71. The fourth-order valence-corrected chi connectivity index (χ4v) is 2.87. The molecule has 3 nitrogen and oxygen atoms in total. The van der Waals surface area contributed by atoms with E-state index in [2.05, 4.69) is 4.90 Å². The number of halogens is 1. The predicted molar refractivity (Wildman–Crippen MR) is 55.0 cm³/mol. The second-order valence-corrected chi connectivity index (χ2v) is 6.07. The van der Waals surface area contributed by atoms with Crippen molar-refractivity contribution >= 4 is 21.4 Å². The second kappa shape index (κ2) is 5.17. The van der Waals surface area contributed by atoms with E-state index in [4.69, 9.17) is 11.6 Å². The molecule has 1 saturated heterocycles. The van der Waals surface area contributed by atoms with Gasteiger partial charge in [-0.15, -0.1) is 11.6 Å². The molecule has 1 fully saturated rings. The monoisotopic (exact) mass is 225 g/mol. The molecule has 0 aromatic rings. The lowest BCUT2D eigenvalue weighted by atomic mass is 10.3. The molecule has 0 aliphatic carbocycles. The van der Waals surface area contributed by atoms with E-state index < -0.39 is 9.84 Å². The average Bonchev–Trinajstić information content (AvgIpc) is 2.08. The molecule has 1 rings (SSSR count). The van der Waals surface area contributed by atoms with Crippen molar-refractivity contribution in [3.8, 4) is 0 Å². The van der Waals surface area contributed by atoms with Crippen molar-refractivity contribution in [3.63, 3.8) is 0 Å². The molecular formula is C8H16ClNO2S. The topological polar surface area (TPSA) is 37.4 Å². The summed E-state index contributed by atoms with van der Waals surface area (Å²) in [7, 11) is -2.71. The van der Waals surface area contributed by atoms with Gasteiger partial charge < -0.3 is 4.90 Å². The van der Waals surface area contributed by atoms with Gasteiger partial charge in [-0.05, 0) is 19.4 Å². The van der Waals surface area contributed by atoms with Crippen molar-refractivity contribution in [2.45, 2.75) is 12.8 Å². The lowest BCUT2D eigenvalue weighted by Crippen LogP contribution is -2.40. The van der Waals surface area contributed by atoms with Crippen LogP contribution in [0.2, 0.25) is 0 Å². The summed E-state index contributed by atoms with van der Waals surface area (Å²) in [6, 6.07) is 0. The Morgan fingerprint density at radius 1 is 1.15 bits per heavy atom. The molecule has 13 heavy (non-hydrogen) atoms. The van der Waals surface area contributed by atoms with E-state index in [1.807, 2.05) is 0 Å². The maximum absolute atomic E-state index is 11.1. The first kappa shape index (κ1) is 11.3. The Morgan fingerprint density at radius 3 is 2.31 bits per heavy atom. The van der Waals surface area contributed by atoms with E-state index >= 15 is 0 Å². The van der Waals surface area contributed by atoms with Crippen LogP contribution < -0.4 is 0 Å². The highest BCUT2D eigenvalue weighted by atomic mass is 35.5. The summed E-state index contributed by atoms with van der Waals surface area (Å²) in [5, 5.41) is 0. The van der Waals surface area contributed by atoms with Crippen LogP contribution in [0.1, 0.15) is 12.8 Å². The summed E-state index contributed by atoms with van der Waals surface area (Å²) in [6.07, 6.45) is 2.09. The van der Waals surface area contributed by atoms with Crippen LogP contribution >= 0.6 is 11.6 Å². The van der Waals surface area contributed by atoms with Crippen molar-refractivity contribution in [1.29, 1.82) is 0 Å². The lowest BCUT2D eigenvalue weighted by molar-refractivity contribution is 0.291. The minimum absolute atomic E-state index is 0.327. The van der Waals surface area contributed by atoms with Crippen molar-refractivity contribution in [3.05, 3.63) is 0 Å². The van der Waals surface area contributed by atoms with Crippen LogP contribution in [-0.4, -0.2) is 50.3 Å². The molecular weight excluding hydrogens is 210 g/mol. The molecule has 0 N–H and O–H groups in total. The van der Waals surface area contributed by atoms with Crippen molar-refractivity contribution in [1.82, 2.24) is 4.90 Å². The summed E-state index contributed by atoms with van der Waals surface area (Å²) in [5.41, 5.74) is 0. The van der Waals surface area contributed by atoms with Gasteiger partial charge in [-0.2, -0.15) is 0 Å². The van der Waals surface area contributed by atoms with Crippen LogP contribution in [0.4, 0.5) is 0 Å². The Bertz CT molecular complexity index is 227. The molecule has 78 valence electrons. The van der Waals surface area contributed by atoms with E-state index in [9.17, 15) is 8.42 Å². The fourth-order valence-electron chi connectivity index (χ4n) is 1.40. The number of hydrogen-bond acceptors (Lipinski definition) is 3. The second-order valence-electron chi connectivity index (χ2n) is 3.39. The smallest absolute Gasteiger partial charge is 0.152 e. The normalized spacial score (nSPS) is 23.2. The third-order valence-corrected chi connectivity index (χ3v) is 4.17. The highest BCUT2D eigenvalue weighted by Gasteiger charge is 2.20. The summed E-state index contributed by atoms with van der Waals surface area (Å²) < 4.78 is 22.2. The SMILES string of the molecule is O=S1(=O)CCN(CCCCCl)CC1. The van der Waals surface area contributed by atoms with Crippen LogP contribution in [0.3, 0.4) is 0 Å². The van der Waals surface area contributed by atoms with Crippen LogP contribution in [-0.2, 0) is 9.84 Å². The van der Waals surface area contributed by atoms with E-state index in [1.54, 1.807) is 0 Å². The third kappa shape index (κ3) is 4.29. The Balaban J connectivity index is 2.18. The van der Waals surface area contributed by atoms with Gasteiger partial charge in [0, 0.05) is 19.0 Å². The Morgan fingerprint density at radius 2 is 1.77 bits per heavy atom. The summed E-state index contributed by atoms with van der Waals surface area (Å²) in [5.74, 6) is 1.36. The van der Waals surface area contributed by atoms with E-state index in [0.29, 0.717) is 30.5 Å². The van der Waals surface area contributed by atoms with Crippen molar-refractivity contribution < 1.29 is 8.42 Å². The van der Waals surface area contributed by atoms with E-state index in [-0.39, 0.29) is 0 Å². The molecule has 1 aliphatic rings. The van der Waals surface area contributed by atoms with Gasteiger partial charge >= 0.3 is 0 Å². The molecule has 0 amide bonds. The Hall–Kier alpha value is 0.200. The first-order chi connectivity index (χ1) is 6.14. The molecule has 0 atom stereocenters. The first-order valence-electron chi connectivity index (χ1n) is 4.63. The van der Waals surface area contributed by atoms with E-state index in [0.717, 1.165) is 19.4 Å². The molecule has 0 unspecified atom stereocenters. The van der Waals surface area contributed by atoms with E-state index in [1.165, 1.54) is 0 Å². The lowest BCUT2D eigenvalue weighted by Gasteiger charge is -2.26. The van der Waals surface area contributed by atoms with Gasteiger partial charge in [0.05, 0.1) is 11.5 Å². The van der Waals surface area contributed by atoms with Crippen molar-refractivity contribution in [2.75, 3.05) is 37.0 Å². The Labute approximate surface area is 85.0 Å². The minimum Gasteiger partial charge on any atom is -0.301 e. The summed E-state index contributed by atoms with van der Waals surface area (Å²) in [6.45, 7) is 2.39. The molecule has 1 aliphatic heterocycles. The highest BCUT2D eigenvalue weighted by molar-refractivity contribution is 7.91. The number of nitrogens with zero attached hydrogens (tertiary/aromatic N) is 1. The molecule has 5 heteroatoms.